The summed E-state index contributed by atoms with van der Waals surface area (Å²) in [7, 11) is -1.17. The lowest BCUT2D eigenvalue weighted by Crippen LogP contribution is -2.31. The standard InChI is InChI=1S/C20H21ClN2O6S/c1-4-11-23(14-5-7-15(28-3)8-6-14)30(26,27)16-9-10-18(21)17(12-16)20(25)29-13-19(24)22-2/h4-10,12H,1,11,13H2,2-3H3,(H,22,24). The summed E-state index contributed by atoms with van der Waals surface area (Å²) < 4.78 is 37.6. The molecule has 0 saturated heterocycles. The maximum Gasteiger partial charge on any atom is 0.340 e. The normalized spacial score (nSPS) is 10.8. The number of halogens is 1. The molecule has 160 valence electrons. The summed E-state index contributed by atoms with van der Waals surface area (Å²) in [4.78, 5) is 23.4. The highest BCUT2D eigenvalue weighted by Crippen LogP contribution is 2.28. The number of sulfonamides is 1. The molecule has 0 aromatic heterocycles. The van der Waals surface area contributed by atoms with Gasteiger partial charge in [-0.15, -0.1) is 6.58 Å². The Morgan fingerprint density at radius 3 is 2.43 bits per heavy atom. The Labute approximate surface area is 180 Å². The van der Waals surface area contributed by atoms with Crippen LogP contribution in [0.3, 0.4) is 0 Å². The van der Waals surface area contributed by atoms with Gasteiger partial charge in [0.15, 0.2) is 6.61 Å². The average Bonchev–Trinajstić information content (AvgIpc) is 2.75. The SMILES string of the molecule is C=CCN(c1ccc(OC)cc1)S(=O)(=O)c1ccc(Cl)c(C(=O)OCC(=O)NC)c1. The number of anilines is 1. The van der Waals surface area contributed by atoms with Crippen molar-refractivity contribution in [1.29, 1.82) is 0 Å². The molecule has 0 radical (unpaired) electrons. The number of rotatable bonds is 9. The van der Waals surface area contributed by atoms with Crippen LogP contribution in [0.4, 0.5) is 5.69 Å². The van der Waals surface area contributed by atoms with Crippen LogP contribution in [0.5, 0.6) is 5.75 Å². The molecule has 1 amide bonds. The molecule has 0 aliphatic carbocycles. The fourth-order valence-corrected chi connectivity index (χ4v) is 4.09. The first-order chi connectivity index (χ1) is 14.2. The minimum Gasteiger partial charge on any atom is -0.497 e. The van der Waals surface area contributed by atoms with Crippen molar-refractivity contribution >= 4 is 39.2 Å². The van der Waals surface area contributed by atoms with Crippen molar-refractivity contribution in [2.45, 2.75) is 4.90 Å². The highest BCUT2D eigenvalue weighted by molar-refractivity contribution is 7.92. The van der Waals surface area contributed by atoms with Crippen LogP contribution in [0.2, 0.25) is 5.02 Å². The summed E-state index contributed by atoms with van der Waals surface area (Å²) in [5.41, 5.74) is 0.212. The lowest BCUT2D eigenvalue weighted by Gasteiger charge is -2.23. The van der Waals surface area contributed by atoms with E-state index in [0.29, 0.717) is 11.4 Å². The number of hydrogen-bond acceptors (Lipinski definition) is 6. The predicted octanol–water partition coefficient (Wildman–Crippen LogP) is 2.63. The van der Waals surface area contributed by atoms with Gasteiger partial charge in [0.25, 0.3) is 15.9 Å². The van der Waals surface area contributed by atoms with Gasteiger partial charge in [-0.2, -0.15) is 0 Å². The second-order valence-corrected chi connectivity index (χ2v) is 8.18. The van der Waals surface area contributed by atoms with E-state index < -0.39 is 28.5 Å². The fraction of sp³-hybridized carbons (Fsp3) is 0.200. The second kappa shape index (κ2) is 10.1. The van der Waals surface area contributed by atoms with Gasteiger partial charge in [0.05, 0.1) is 34.8 Å². The van der Waals surface area contributed by atoms with Crippen molar-refractivity contribution in [3.05, 3.63) is 65.7 Å². The molecule has 0 bridgehead atoms. The average molecular weight is 453 g/mol. The van der Waals surface area contributed by atoms with Crippen LogP contribution < -0.4 is 14.4 Å². The molecule has 0 aliphatic heterocycles. The smallest absolute Gasteiger partial charge is 0.340 e. The second-order valence-electron chi connectivity index (χ2n) is 5.91. The van der Waals surface area contributed by atoms with Gasteiger partial charge in [0.1, 0.15) is 5.75 Å². The summed E-state index contributed by atoms with van der Waals surface area (Å²) in [5, 5.41) is 2.30. The van der Waals surface area contributed by atoms with Gasteiger partial charge < -0.3 is 14.8 Å². The summed E-state index contributed by atoms with van der Waals surface area (Å²) in [6.45, 7) is 3.09. The van der Waals surface area contributed by atoms with Gasteiger partial charge in [-0.3, -0.25) is 9.10 Å². The third kappa shape index (κ3) is 5.31. The van der Waals surface area contributed by atoms with Crippen molar-refractivity contribution in [2.24, 2.45) is 0 Å². The van der Waals surface area contributed by atoms with E-state index in [9.17, 15) is 18.0 Å². The topological polar surface area (TPSA) is 102 Å². The lowest BCUT2D eigenvalue weighted by molar-refractivity contribution is -0.123. The molecule has 0 heterocycles. The van der Waals surface area contributed by atoms with Crippen LogP contribution in [-0.2, 0) is 19.6 Å². The molecule has 10 heteroatoms. The first-order valence-electron chi connectivity index (χ1n) is 8.69. The van der Waals surface area contributed by atoms with Crippen LogP contribution >= 0.6 is 11.6 Å². The Morgan fingerprint density at radius 2 is 1.87 bits per heavy atom. The van der Waals surface area contributed by atoms with Crippen LogP contribution in [0.25, 0.3) is 0 Å². The number of methoxy groups -OCH3 is 1. The molecule has 0 unspecified atom stereocenters. The number of nitrogens with one attached hydrogen (secondary N) is 1. The number of benzene rings is 2. The summed E-state index contributed by atoms with van der Waals surface area (Å²) >= 11 is 6.04. The Bertz CT molecular complexity index is 1040. The zero-order chi connectivity index (χ0) is 22.3. The molecular weight excluding hydrogens is 432 g/mol. The number of nitrogens with zero attached hydrogens (tertiary/aromatic N) is 1. The van der Waals surface area contributed by atoms with E-state index >= 15 is 0 Å². The lowest BCUT2D eigenvalue weighted by atomic mass is 10.2. The maximum atomic E-state index is 13.3. The number of ether oxygens (including phenoxy) is 2. The molecule has 30 heavy (non-hydrogen) atoms. The van der Waals surface area contributed by atoms with Crippen molar-refractivity contribution in [3.8, 4) is 5.75 Å². The largest absolute Gasteiger partial charge is 0.497 e. The Morgan fingerprint density at radius 1 is 1.20 bits per heavy atom. The molecule has 0 spiro atoms. The Hall–Kier alpha value is -3.04. The number of likely N-dealkylation sites (N-methyl/N-ethyl adjacent to an activating group) is 1. The highest BCUT2D eigenvalue weighted by atomic mass is 35.5. The third-order valence-corrected chi connectivity index (χ3v) is 6.13. The van der Waals surface area contributed by atoms with E-state index in [-0.39, 0.29) is 22.0 Å². The molecule has 2 rings (SSSR count). The van der Waals surface area contributed by atoms with Gasteiger partial charge in [0.2, 0.25) is 0 Å². The Balaban J connectivity index is 2.42. The maximum absolute atomic E-state index is 13.3. The van der Waals surface area contributed by atoms with Crippen molar-refractivity contribution in [3.63, 3.8) is 0 Å². The molecule has 0 atom stereocenters. The molecule has 0 aliphatic rings. The molecule has 8 nitrogen and oxygen atoms in total. The van der Waals surface area contributed by atoms with Crippen molar-refractivity contribution in [1.82, 2.24) is 5.32 Å². The van der Waals surface area contributed by atoms with Crippen LogP contribution in [-0.4, -0.2) is 47.6 Å². The quantitative estimate of drug-likeness (QED) is 0.463. The minimum atomic E-state index is -4.07. The molecule has 1 N–H and O–H groups in total. The molecule has 2 aromatic rings. The Kier molecular flexibility index (Phi) is 7.85. The van der Waals surface area contributed by atoms with E-state index in [4.69, 9.17) is 21.1 Å². The van der Waals surface area contributed by atoms with Gasteiger partial charge in [0, 0.05) is 7.05 Å². The highest BCUT2D eigenvalue weighted by Gasteiger charge is 2.26. The number of carbonyl (C=O) groups excluding carboxylic acids is 2. The van der Waals surface area contributed by atoms with Gasteiger partial charge in [-0.1, -0.05) is 17.7 Å². The fourth-order valence-electron chi connectivity index (χ4n) is 2.44. The predicted molar refractivity (Wildman–Crippen MR) is 114 cm³/mol. The van der Waals surface area contributed by atoms with Crippen LogP contribution in [0.1, 0.15) is 10.4 Å². The first-order valence-corrected chi connectivity index (χ1v) is 10.5. The number of esters is 1. The van der Waals surface area contributed by atoms with E-state index in [2.05, 4.69) is 11.9 Å². The first kappa shape index (κ1) is 23.2. The van der Waals surface area contributed by atoms with E-state index in [1.807, 2.05) is 0 Å². The van der Waals surface area contributed by atoms with Gasteiger partial charge >= 0.3 is 5.97 Å². The monoisotopic (exact) mass is 452 g/mol. The van der Waals surface area contributed by atoms with Crippen molar-refractivity contribution in [2.75, 3.05) is 31.6 Å². The van der Waals surface area contributed by atoms with Gasteiger partial charge in [-0.05, 0) is 42.5 Å². The molecule has 0 fully saturated rings. The minimum absolute atomic E-state index is 0.00410. The number of carbonyl (C=O) groups is 2. The summed E-state index contributed by atoms with van der Waals surface area (Å²) in [6, 6.07) is 10.1. The zero-order valence-corrected chi connectivity index (χ0v) is 18.0. The van der Waals surface area contributed by atoms with Crippen molar-refractivity contribution < 1.29 is 27.5 Å². The van der Waals surface area contributed by atoms with Crippen LogP contribution in [0.15, 0.2) is 60.0 Å². The molecular formula is C20H21ClN2O6S. The molecule has 2 aromatic carbocycles. The third-order valence-electron chi connectivity index (χ3n) is 4.01. The van der Waals surface area contributed by atoms with E-state index in [1.54, 1.807) is 24.3 Å². The zero-order valence-electron chi connectivity index (χ0n) is 16.4. The van der Waals surface area contributed by atoms with E-state index in [1.165, 1.54) is 32.4 Å². The number of hydrogen-bond donors (Lipinski definition) is 1. The number of amides is 1. The van der Waals surface area contributed by atoms with Crippen LogP contribution in [0, 0.1) is 0 Å². The van der Waals surface area contributed by atoms with Gasteiger partial charge in [-0.25, -0.2) is 13.2 Å². The summed E-state index contributed by atoms with van der Waals surface area (Å²) in [5.74, 6) is -0.859. The summed E-state index contributed by atoms with van der Waals surface area (Å²) in [6.07, 6.45) is 1.44. The molecule has 0 saturated carbocycles. The van der Waals surface area contributed by atoms with E-state index in [0.717, 1.165) is 10.4 Å².